The van der Waals surface area contributed by atoms with Crippen molar-refractivity contribution in [1.82, 2.24) is 4.90 Å². The van der Waals surface area contributed by atoms with Gasteiger partial charge < -0.3 is 10.6 Å². The lowest BCUT2D eigenvalue weighted by Gasteiger charge is -2.31. The van der Waals surface area contributed by atoms with Crippen molar-refractivity contribution in [1.29, 1.82) is 0 Å². The number of carbonyl (C=O) groups excluding carboxylic acids is 1. The van der Waals surface area contributed by atoms with E-state index in [4.69, 9.17) is 5.73 Å². The van der Waals surface area contributed by atoms with Crippen molar-refractivity contribution < 1.29 is 4.79 Å². The fraction of sp³-hybridized carbons (Fsp3) is 0.875. The first-order valence-corrected chi connectivity index (χ1v) is 4.19. The van der Waals surface area contributed by atoms with E-state index in [0.29, 0.717) is 12.5 Å². The van der Waals surface area contributed by atoms with Crippen LogP contribution in [0.15, 0.2) is 0 Å². The van der Waals surface area contributed by atoms with Crippen LogP contribution in [0.4, 0.5) is 0 Å². The number of nitrogens with zero attached hydrogens (tertiary/aromatic N) is 1. The second-order valence-corrected chi connectivity index (χ2v) is 3.21. The lowest BCUT2D eigenvalue weighted by Crippen LogP contribution is -2.40. The number of rotatable bonds is 1. The van der Waals surface area contributed by atoms with Crippen LogP contribution in [0, 0.1) is 5.92 Å². The predicted molar refractivity (Wildman–Crippen MR) is 44.0 cm³/mol. The molecule has 1 rings (SSSR count). The summed E-state index contributed by atoms with van der Waals surface area (Å²) in [7, 11) is 0. The molecule has 2 N–H and O–H groups in total. The maximum absolute atomic E-state index is 10.9. The molecule has 1 saturated heterocycles. The maximum atomic E-state index is 10.9. The summed E-state index contributed by atoms with van der Waals surface area (Å²) in [4.78, 5) is 12.8. The summed E-state index contributed by atoms with van der Waals surface area (Å²) >= 11 is 0. The molecular formula is C8H16N2O. The van der Waals surface area contributed by atoms with E-state index in [-0.39, 0.29) is 5.91 Å². The molecule has 0 bridgehead atoms. The molecule has 1 heterocycles. The van der Waals surface area contributed by atoms with Crippen LogP contribution in [0.2, 0.25) is 0 Å². The molecule has 0 aromatic rings. The van der Waals surface area contributed by atoms with Crippen molar-refractivity contribution in [2.75, 3.05) is 19.6 Å². The van der Waals surface area contributed by atoms with Crippen LogP contribution in [0.1, 0.15) is 19.8 Å². The van der Waals surface area contributed by atoms with E-state index in [9.17, 15) is 4.79 Å². The molecule has 1 amide bonds. The van der Waals surface area contributed by atoms with Gasteiger partial charge in [0.2, 0.25) is 5.91 Å². The molecule has 0 unspecified atom stereocenters. The number of piperidine rings is 1. The molecule has 64 valence electrons. The average molecular weight is 156 g/mol. The fourth-order valence-electron chi connectivity index (χ4n) is 1.54. The van der Waals surface area contributed by atoms with Gasteiger partial charge >= 0.3 is 0 Å². The van der Waals surface area contributed by atoms with Crippen LogP contribution in [0.25, 0.3) is 0 Å². The first-order chi connectivity index (χ1) is 5.24. The molecule has 0 aromatic heterocycles. The smallest absolute Gasteiger partial charge is 0.219 e. The highest BCUT2D eigenvalue weighted by Crippen LogP contribution is 2.14. The maximum Gasteiger partial charge on any atom is 0.219 e. The Balaban J connectivity index is 2.39. The molecule has 11 heavy (non-hydrogen) atoms. The van der Waals surface area contributed by atoms with E-state index in [1.54, 1.807) is 6.92 Å². The Hall–Kier alpha value is -0.570. The number of hydrogen-bond donors (Lipinski definition) is 1. The third-order valence-electron chi connectivity index (χ3n) is 2.30. The van der Waals surface area contributed by atoms with Gasteiger partial charge in [-0.05, 0) is 25.3 Å². The van der Waals surface area contributed by atoms with Gasteiger partial charge in [0.25, 0.3) is 0 Å². The van der Waals surface area contributed by atoms with Crippen molar-refractivity contribution >= 4 is 5.91 Å². The predicted octanol–water partition coefficient (Wildman–Crippen LogP) is 0.204. The zero-order valence-corrected chi connectivity index (χ0v) is 7.05. The van der Waals surface area contributed by atoms with Gasteiger partial charge in [-0.2, -0.15) is 0 Å². The largest absolute Gasteiger partial charge is 0.343 e. The monoisotopic (exact) mass is 156 g/mol. The van der Waals surface area contributed by atoms with Crippen LogP contribution >= 0.6 is 0 Å². The molecule has 3 nitrogen and oxygen atoms in total. The van der Waals surface area contributed by atoms with Crippen molar-refractivity contribution in [2.45, 2.75) is 19.8 Å². The van der Waals surface area contributed by atoms with E-state index in [1.165, 1.54) is 6.42 Å². The third kappa shape index (κ3) is 2.19. The summed E-state index contributed by atoms with van der Waals surface area (Å²) in [6, 6.07) is 0. The Bertz CT molecular complexity index is 147. The molecule has 1 fully saturated rings. The molecular weight excluding hydrogens is 140 g/mol. The van der Waals surface area contributed by atoms with Crippen molar-refractivity contribution in [2.24, 2.45) is 11.7 Å². The average Bonchev–Trinajstić information content (AvgIpc) is 2.05. The Morgan fingerprint density at radius 3 is 3.00 bits per heavy atom. The van der Waals surface area contributed by atoms with Gasteiger partial charge in [0, 0.05) is 20.0 Å². The van der Waals surface area contributed by atoms with E-state index in [1.807, 2.05) is 4.90 Å². The number of nitrogens with two attached hydrogens (primary N) is 1. The Labute approximate surface area is 67.5 Å². The summed E-state index contributed by atoms with van der Waals surface area (Å²) < 4.78 is 0. The van der Waals surface area contributed by atoms with Gasteiger partial charge in [-0.3, -0.25) is 4.79 Å². The van der Waals surface area contributed by atoms with E-state index < -0.39 is 0 Å². The second kappa shape index (κ2) is 3.72. The van der Waals surface area contributed by atoms with Crippen LogP contribution in [-0.4, -0.2) is 30.4 Å². The summed E-state index contributed by atoms with van der Waals surface area (Å²) in [6.07, 6.45) is 2.29. The molecule has 0 spiro atoms. The first-order valence-electron chi connectivity index (χ1n) is 4.19. The van der Waals surface area contributed by atoms with Crippen LogP contribution < -0.4 is 5.73 Å². The molecule has 1 atom stereocenters. The van der Waals surface area contributed by atoms with E-state index in [2.05, 4.69) is 0 Å². The summed E-state index contributed by atoms with van der Waals surface area (Å²) in [5, 5.41) is 0. The minimum Gasteiger partial charge on any atom is -0.343 e. The molecule has 0 aromatic carbocycles. The summed E-state index contributed by atoms with van der Waals surface area (Å²) in [5.41, 5.74) is 5.53. The van der Waals surface area contributed by atoms with Crippen LogP contribution in [0.3, 0.4) is 0 Å². The molecule has 0 radical (unpaired) electrons. The van der Waals surface area contributed by atoms with Gasteiger partial charge in [0.15, 0.2) is 0 Å². The van der Waals surface area contributed by atoms with Crippen molar-refractivity contribution in [3.63, 3.8) is 0 Å². The topological polar surface area (TPSA) is 46.3 Å². The van der Waals surface area contributed by atoms with Gasteiger partial charge in [0.05, 0.1) is 0 Å². The highest BCUT2D eigenvalue weighted by molar-refractivity contribution is 5.73. The molecule has 1 aliphatic rings. The van der Waals surface area contributed by atoms with Crippen LogP contribution in [0.5, 0.6) is 0 Å². The molecule has 0 aliphatic carbocycles. The number of amides is 1. The second-order valence-electron chi connectivity index (χ2n) is 3.21. The van der Waals surface area contributed by atoms with E-state index >= 15 is 0 Å². The summed E-state index contributed by atoms with van der Waals surface area (Å²) in [6.45, 7) is 4.13. The molecule has 3 heteroatoms. The molecule has 0 saturated carbocycles. The lowest BCUT2D eigenvalue weighted by molar-refractivity contribution is -0.130. The number of carbonyl (C=O) groups is 1. The zero-order valence-electron chi connectivity index (χ0n) is 7.05. The highest BCUT2D eigenvalue weighted by atomic mass is 16.2. The summed E-state index contributed by atoms with van der Waals surface area (Å²) in [5.74, 6) is 0.718. The van der Waals surface area contributed by atoms with Gasteiger partial charge in [0.1, 0.15) is 0 Å². The van der Waals surface area contributed by atoms with Gasteiger partial charge in [-0.25, -0.2) is 0 Å². The fourth-order valence-corrected chi connectivity index (χ4v) is 1.54. The minimum atomic E-state index is 0.183. The number of hydrogen-bond acceptors (Lipinski definition) is 2. The van der Waals surface area contributed by atoms with E-state index in [0.717, 1.165) is 19.5 Å². The number of likely N-dealkylation sites (tertiary alicyclic amines) is 1. The minimum absolute atomic E-state index is 0.183. The first kappa shape index (κ1) is 8.53. The lowest BCUT2D eigenvalue weighted by atomic mass is 9.98. The quantitative estimate of drug-likeness (QED) is 0.589. The molecule has 1 aliphatic heterocycles. The Kier molecular flexibility index (Phi) is 2.88. The van der Waals surface area contributed by atoms with Crippen molar-refractivity contribution in [3.05, 3.63) is 0 Å². The SMILES string of the molecule is CC(=O)N1CCC[C@@H](CN)C1. The van der Waals surface area contributed by atoms with Gasteiger partial charge in [-0.1, -0.05) is 0 Å². The third-order valence-corrected chi connectivity index (χ3v) is 2.30. The zero-order chi connectivity index (χ0) is 8.27. The highest BCUT2D eigenvalue weighted by Gasteiger charge is 2.19. The van der Waals surface area contributed by atoms with Gasteiger partial charge in [-0.15, -0.1) is 0 Å². The Morgan fingerprint density at radius 1 is 1.73 bits per heavy atom. The van der Waals surface area contributed by atoms with Crippen LogP contribution in [-0.2, 0) is 4.79 Å². The standard InChI is InChI=1S/C8H16N2O/c1-7(11)10-4-2-3-8(5-9)6-10/h8H,2-6,9H2,1H3/t8-/m0/s1. The Morgan fingerprint density at radius 2 is 2.45 bits per heavy atom. The van der Waals surface area contributed by atoms with Crippen molar-refractivity contribution in [3.8, 4) is 0 Å². The normalized spacial score (nSPS) is 25.3.